The minimum Gasteiger partial charge on any atom is -0.368 e. The van der Waals surface area contributed by atoms with Crippen LogP contribution in [0.15, 0.2) is 0 Å². The smallest absolute Gasteiger partial charge is 0.237 e. The molecule has 3 N–H and O–H groups in total. The SMILES string of the molecule is CC1CCC(C(=O)N(CC(N)=O)C2CCNC2)CC1. The maximum absolute atomic E-state index is 12.6. The second-order valence-corrected chi connectivity index (χ2v) is 6.04. The molecule has 0 radical (unpaired) electrons. The number of primary amides is 1. The summed E-state index contributed by atoms with van der Waals surface area (Å²) in [4.78, 5) is 25.6. The van der Waals surface area contributed by atoms with Gasteiger partial charge in [0.15, 0.2) is 0 Å². The Morgan fingerprint density at radius 2 is 1.89 bits per heavy atom. The second kappa shape index (κ2) is 6.37. The number of carbonyl (C=O) groups excluding carboxylic acids is 2. The van der Waals surface area contributed by atoms with Crippen LogP contribution in [-0.4, -0.2) is 42.4 Å². The summed E-state index contributed by atoms with van der Waals surface area (Å²) < 4.78 is 0. The van der Waals surface area contributed by atoms with Gasteiger partial charge in [0, 0.05) is 18.5 Å². The molecule has 19 heavy (non-hydrogen) atoms. The van der Waals surface area contributed by atoms with Crippen molar-refractivity contribution >= 4 is 11.8 Å². The molecule has 108 valence electrons. The van der Waals surface area contributed by atoms with Gasteiger partial charge >= 0.3 is 0 Å². The van der Waals surface area contributed by atoms with Crippen LogP contribution >= 0.6 is 0 Å². The van der Waals surface area contributed by atoms with Gasteiger partial charge in [0.05, 0.1) is 6.54 Å². The molecule has 1 aliphatic carbocycles. The molecule has 0 aromatic carbocycles. The molecule has 2 rings (SSSR count). The van der Waals surface area contributed by atoms with Crippen LogP contribution in [-0.2, 0) is 9.59 Å². The number of rotatable bonds is 4. The van der Waals surface area contributed by atoms with Crippen LogP contribution in [0.1, 0.15) is 39.0 Å². The number of nitrogens with one attached hydrogen (secondary N) is 1. The lowest BCUT2D eigenvalue weighted by Crippen LogP contribution is -2.49. The summed E-state index contributed by atoms with van der Waals surface area (Å²) in [7, 11) is 0. The average molecular weight is 267 g/mol. The van der Waals surface area contributed by atoms with E-state index in [1.54, 1.807) is 4.90 Å². The highest BCUT2D eigenvalue weighted by molar-refractivity contribution is 5.85. The first kappa shape index (κ1) is 14.3. The van der Waals surface area contributed by atoms with Gasteiger partial charge in [0.25, 0.3) is 0 Å². The van der Waals surface area contributed by atoms with Crippen LogP contribution in [0.25, 0.3) is 0 Å². The average Bonchev–Trinajstić information content (AvgIpc) is 2.89. The van der Waals surface area contributed by atoms with Crippen molar-refractivity contribution in [2.75, 3.05) is 19.6 Å². The third-order valence-corrected chi connectivity index (χ3v) is 4.45. The minimum absolute atomic E-state index is 0.0667. The number of nitrogens with two attached hydrogens (primary N) is 1. The predicted molar refractivity (Wildman–Crippen MR) is 73.3 cm³/mol. The fraction of sp³-hybridized carbons (Fsp3) is 0.857. The fourth-order valence-corrected chi connectivity index (χ4v) is 3.20. The zero-order valence-corrected chi connectivity index (χ0v) is 11.7. The predicted octanol–water partition coefficient (Wildman–Crippen LogP) is 0.489. The molecule has 0 spiro atoms. The molecule has 1 atom stereocenters. The summed E-state index contributed by atoms with van der Waals surface area (Å²) in [5, 5.41) is 3.24. The van der Waals surface area contributed by atoms with Crippen LogP contribution in [0.4, 0.5) is 0 Å². The molecular weight excluding hydrogens is 242 g/mol. The molecule has 1 aliphatic heterocycles. The zero-order valence-electron chi connectivity index (χ0n) is 11.7. The molecule has 1 saturated heterocycles. The van der Waals surface area contributed by atoms with E-state index in [1.165, 1.54) is 0 Å². The Morgan fingerprint density at radius 3 is 2.42 bits per heavy atom. The summed E-state index contributed by atoms with van der Waals surface area (Å²) in [5.74, 6) is 0.543. The van der Waals surface area contributed by atoms with Gasteiger partial charge in [-0.2, -0.15) is 0 Å². The number of hydrogen-bond acceptors (Lipinski definition) is 3. The van der Waals surface area contributed by atoms with Gasteiger partial charge in [-0.15, -0.1) is 0 Å². The van der Waals surface area contributed by atoms with Gasteiger partial charge < -0.3 is 16.0 Å². The monoisotopic (exact) mass is 267 g/mol. The summed E-state index contributed by atoms with van der Waals surface area (Å²) in [6.45, 7) is 4.00. The molecule has 1 heterocycles. The Bertz CT molecular complexity index is 332. The Kier molecular flexibility index (Phi) is 4.80. The van der Waals surface area contributed by atoms with E-state index < -0.39 is 5.91 Å². The van der Waals surface area contributed by atoms with Gasteiger partial charge in [-0.25, -0.2) is 0 Å². The Hall–Kier alpha value is -1.10. The molecule has 2 aliphatic rings. The van der Waals surface area contributed by atoms with Crippen molar-refractivity contribution in [3.8, 4) is 0 Å². The van der Waals surface area contributed by atoms with Gasteiger partial charge in [0.1, 0.15) is 0 Å². The Morgan fingerprint density at radius 1 is 1.21 bits per heavy atom. The molecule has 1 saturated carbocycles. The van der Waals surface area contributed by atoms with E-state index >= 15 is 0 Å². The third-order valence-electron chi connectivity index (χ3n) is 4.45. The second-order valence-electron chi connectivity index (χ2n) is 6.04. The van der Waals surface area contributed by atoms with E-state index in [9.17, 15) is 9.59 Å². The minimum atomic E-state index is -0.413. The molecule has 0 bridgehead atoms. The Balaban J connectivity index is 2.00. The first-order chi connectivity index (χ1) is 9.08. The topological polar surface area (TPSA) is 75.4 Å². The first-order valence-corrected chi connectivity index (χ1v) is 7.37. The quantitative estimate of drug-likeness (QED) is 0.778. The highest BCUT2D eigenvalue weighted by atomic mass is 16.2. The molecular formula is C14H25N3O2. The van der Waals surface area contributed by atoms with E-state index in [0.29, 0.717) is 0 Å². The van der Waals surface area contributed by atoms with Crippen molar-refractivity contribution in [2.45, 2.75) is 45.1 Å². The molecule has 2 fully saturated rings. The number of nitrogens with zero attached hydrogens (tertiary/aromatic N) is 1. The van der Waals surface area contributed by atoms with Crippen molar-refractivity contribution in [1.82, 2.24) is 10.2 Å². The van der Waals surface area contributed by atoms with E-state index in [-0.39, 0.29) is 24.4 Å². The maximum Gasteiger partial charge on any atom is 0.237 e. The molecule has 5 nitrogen and oxygen atoms in total. The number of hydrogen-bond donors (Lipinski definition) is 2. The van der Waals surface area contributed by atoms with Crippen molar-refractivity contribution in [1.29, 1.82) is 0 Å². The molecule has 0 aromatic rings. The number of amides is 2. The standard InChI is InChI=1S/C14H25N3O2/c1-10-2-4-11(5-3-10)14(19)17(9-13(15)18)12-6-7-16-8-12/h10-12,16H,2-9H2,1H3,(H2,15,18). The first-order valence-electron chi connectivity index (χ1n) is 7.37. The van der Waals surface area contributed by atoms with Gasteiger partial charge in [-0.05, 0) is 44.6 Å². The van der Waals surface area contributed by atoms with Crippen molar-refractivity contribution in [3.05, 3.63) is 0 Å². The molecule has 2 amide bonds. The van der Waals surface area contributed by atoms with Crippen LogP contribution in [0.2, 0.25) is 0 Å². The maximum atomic E-state index is 12.6. The largest absolute Gasteiger partial charge is 0.368 e. The normalized spacial score (nSPS) is 31.1. The van der Waals surface area contributed by atoms with Gasteiger partial charge in [0.2, 0.25) is 11.8 Å². The number of carbonyl (C=O) groups is 2. The van der Waals surface area contributed by atoms with Crippen LogP contribution < -0.4 is 11.1 Å². The van der Waals surface area contributed by atoms with E-state index in [0.717, 1.165) is 51.1 Å². The van der Waals surface area contributed by atoms with Gasteiger partial charge in [-0.1, -0.05) is 6.92 Å². The summed E-state index contributed by atoms with van der Waals surface area (Å²) in [6, 6.07) is 0.138. The summed E-state index contributed by atoms with van der Waals surface area (Å²) in [6.07, 6.45) is 5.06. The highest BCUT2D eigenvalue weighted by Gasteiger charge is 2.33. The molecule has 0 aromatic heterocycles. The lowest BCUT2D eigenvalue weighted by molar-refractivity contribution is -0.142. The van der Waals surface area contributed by atoms with Crippen LogP contribution in [0.5, 0.6) is 0 Å². The van der Waals surface area contributed by atoms with Crippen molar-refractivity contribution < 1.29 is 9.59 Å². The van der Waals surface area contributed by atoms with Crippen molar-refractivity contribution in [3.63, 3.8) is 0 Å². The lowest BCUT2D eigenvalue weighted by Gasteiger charge is -2.33. The van der Waals surface area contributed by atoms with Crippen LogP contribution in [0, 0.1) is 11.8 Å². The van der Waals surface area contributed by atoms with E-state index in [2.05, 4.69) is 12.2 Å². The molecule has 5 heteroatoms. The van der Waals surface area contributed by atoms with Crippen molar-refractivity contribution in [2.24, 2.45) is 17.6 Å². The zero-order chi connectivity index (χ0) is 13.8. The fourth-order valence-electron chi connectivity index (χ4n) is 3.20. The Labute approximate surface area is 114 Å². The molecule has 1 unspecified atom stereocenters. The van der Waals surface area contributed by atoms with E-state index in [4.69, 9.17) is 5.73 Å². The van der Waals surface area contributed by atoms with Crippen LogP contribution in [0.3, 0.4) is 0 Å². The summed E-state index contributed by atoms with van der Waals surface area (Å²) >= 11 is 0. The third kappa shape index (κ3) is 3.69. The lowest BCUT2D eigenvalue weighted by atomic mass is 9.82. The highest BCUT2D eigenvalue weighted by Crippen LogP contribution is 2.30. The van der Waals surface area contributed by atoms with E-state index in [1.807, 2.05) is 0 Å². The summed E-state index contributed by atoms with van der Waals surface area (Å²) in [5.41, 5.74) is 5.30. The van der Waals surface area contributed by atoms with Gasteiger partial charge in [-0.3, -0.25) is 9.59 Å².